The van der Waals surface area contributed by atoms with Gasteiger partial charge in [-0.15, -0.1) is 0 Å². The highest BCUT2D eigenvalue weighted by molar-refractivity contribution is 5.75. The molecule has 0 amide bonds. The van der Waals surface area contributed by atoms with Gasteiger partial charge in [0.2, 0.25) is 0 Å². The molecule has 0 unspecified atom stereocenters. The molecule has 2 radical (unpaired) electrons. The number of hydrogen-bond donors (Lipinski definition) is 3. The summed E-state index contributed by atoms with van der Waals surface area (Å²) < 4.78 is 0. The molecule has 0 heterocycles. The van der Waals surface area contributed by atoms with Crippen molar-refractivity contribution in [1.82, 2.24) is 6.15 Å². The Balaban J connectivity index is -0.0000000450. The Morgan fingerprint density at radius 1 is 1.33 bits per heavy atom. The van der Waals surface area contributed by atoms with Crippen molar-refractivity contribution in [2.24, 2.45) is 0 Å². The third kappa shape index (κ3) is 2530000. The van der Waals surface area contributed by atoms with Crippen LogP contribution in [0.4, 0.5) is 4.79 Å². The first-order chi connectivity index (χ1) is 1.73. The Bertz CT molecular complexity index is 33.8. The molecule has 6 heavy (non-hydrogen) atoms. The van der Waals surface area contributed by atoms with Gasteiger partial charge in [0.25, 0.3) is 0 Å². The number of rotatable bonds is 0. The van der Waals surface area contributed by atoms with Crippen LogP contribution >= 0.6 is 0 Å². The van der Waals surface area contributed by atoms with Crippen molar-refractivity contribution >= 4 is 29.2 Å². The van der Waals surface area contributed by atoms with Crippen molar-refractivity contribution in [2.75, 3.05) is 0 Å². The fourth-order valence-corrected chi connectivity index (χ4v) is 0. The first-order valence-electron chi connectivity index (χ1n) is 0.651. The monoisotopic (exact) mass is 103 g/mol. The summed E-state index contributed by atoms with van der Waals surface area (Å²) in [6, 6.07) is 0. The zero-order valence-electron chi connectivity index (χ0n) is 3.22. The minimum absolute atomic E-state index is 0. The third-order valence-corrected chi connectivity index (χ3v) is 0. The minimum atomic E-state index is -1.83. The van der Waals surface area contributed by atoms with Crippen molar-refractivity contribution in [3.05, 3.63) is 0 Å². The van der Waals surface area contributed by atoms with Crippen LogP contribution < -0.4 is 6.15 Å². The van der Waals surface area contributed by atoms with Crippen LogP contribution in [0.3, 0.4) is 0 Å². The molecule has 0 saturated carbocycles. The van der Waals surface area contributed by atoms with Crippen molar-refractivity contribution in [3.63, 3.8) is 0 Å². The Morgan fingerprint density at radius 3 is 1.33 bits per heavy atom. The van der Waals surface area contributed by atoms with Crippen LogP contribution in [0.1, 0.15) is 0 Å². The van der Waals surface area contributed by atoms with Crippen LogP contribution in [0.25, 0.3) is 0 Å². The van der Waals surface area contributed by atoms with Crippen molar-refractivity contribution in [1.29, 1.82) is 0 Å². The predicted molar refractivity (Wildman–Crippen MR) is 21.4 cm³/mol. The van der Waals surface area contributed by atoms with E-state index in [-0.39, 0.29) is 29.2 Å². The predicted octanol–water partition coefficient (Wildman–Crippen LogP) is 0.00360. The molecule has 0 bridgehead atoms. The van der Waals surface area contributed by atoms with E-state index in [2.05, 4.69) is 0 Å². The van der Waals surface area contributed by atoms with Crippen LogP contribution in [-0.4, -0.2) is 39.4 Å². The van der Waals surface area contributed by atoms with Gasteiger partial charge in [0.05, 0.1) is 0 Å². The quantitative estimate of drug-likeness (QED) is 0.376. The fraction of sp³-hybridized carbons (Fsp3) is 0. The molecule has 0 fully saturated rings. The summed E-state index contributed by atoms with van der Waals surface area (Å²) in [5, 5.41) is 13.9. The van der Waals surface area contributed by atoms with Crippen LogP contribution in [0.5, 0.6) is 0 Å². The molecule has 0 saturated heterocycles. The number of hydrogen-bond acceptors (Lipinski definition) is 2. The van der Waals surface area contributed by atoms with E-state index >= 15 is 0 Å². The van der Waals surface area contributed by atoms with E-state index in [0.29, 0.717) is 0 Å². The minimum Gasteiger partial charge on any atom is -0.450 e. The highest BCUT2D eigenvalue weighted by Gasteiger charge is 1.70. The van der Waals surface area contributed by atoms with Gasteiger partial charge in [-0.3, -0.25) is 0 Å². The topological polar surface area (TPSA) is 92.5 Å². The molecule has 0 spiro atoms. The largest absolute Gasteiger partial charge is 0.503 e. The zero-order chi connectivity index (χ0) is 3.58. The third-order valence-electron chi connectivity index (χ3n) is 0. The Morgan fingerprint density at radius 2 is 1.33 bits per heavy atom. The van der Waals surface area contributed by atoms with E-state index < -0.39 is 6.16 Å². The maximum Gasteiger partial charge on any atom is 0.503 e. The number of carboxylic acid groups (broad SMARTS) is 2. The molecule has 5 N–H and O–H groups in total. The summed E-state index contributed by atoms with van der Waals surface area (Å²) >= 11 is 0. The number of carbonyl (C=O) groups is 1. The molecule has 0 rings (SSSR count). The van der Waals surface area contributed by atoms with Gasteiger partial charge in [0.1, 0.15) is 0 Å². The summed E-state index contributed by atoms with van der Waals surface area (Å²) in [6.45, 7) is 0. The van der Waals surface area contributed by atoms with E-state index in [1.807, 2.05) is 0 Å². The Hall–Kier alpha value is -0.00377. The van der Waals surface area contributed by atoms with E-state index in [1.165, 1.54) is 0 Å². The molecular weight excluding hydrogens is 98.3 g/mol. The van der Waals surface area contributed by atoms with Crippen molar-refractivity contribution in [3.8, 4) is 0 Å². The lowest BCUT2D eigenvalue weighted by Gasteiger charge is -1.60. The molecule has 4 nitrogen and oxygen atoms in total. The molecule has 0 aliphatic heterocycles. The van der Waals surface area contributed by atoms with Gasteiger partial charge in [-0.25, -0.2) is 4.79 Å². The maximum absolute atomic E-state index is 8.56. The van der Waals surface area contributed by atoms with E-state index in [1.54, 1.807) is 0 Å². The van der Waals surface area contributed by atoms with Crippen molar-refractivity contribution in [2.45, 2.75) is 0 Å². The van der Waals surface area contributed by atoms with E-state index in [0.717, 1.165) is 0 Å². The van der Waals surface area contributed by atoms with Gasteiger partial charge in [-0.05, 0) is 0 Å². The maximum atomic E-state index is 8.56. The first kappa shape index (κ1) is 16.7. The summed E-state index contributed by atoms with van der Waals surface area (Å²) in [7, 11) is 0. The molecule has 5 heteroatoms. The normalized spacial score (nSPS) is 4.00. The lowest BCUT2D eigenvalue weighted by Crippen LogP contribution is -1.81. The van der Waals surface area contributed by atoms with Gasteiger partial charge in [-0.2, -0.15) is 0 Å². The van der Waals surface area contributed by atoms with Gasteiger partial charge in [-0.1, -0.05) is 0 Å². The van der Waals surface area contributed by atoms with Crippen LogP contribution in [-0.2, 0) is 0 Å². The fourth-order valence-electron chi connectivity index (χ4n) is 0. The summed E-state index contributed by atoms with van der Waals surface area (Å²) in [6.07, 6.45) is -1.83. The molecule has 34 valence electrons. The van der Waals surface area contributed by atoms with Crippen LogP contribution in [0.15, 0.2) is 0 Å². The highest BCUT2D eigenvalue weighted by Crippen LogP contribution is 1.42. The van der Waals surface area contributed by atoms with E-state index in [9.17, 15) is 0 Å². The summed E-state index contributed by atoms with van der Waals surface area (Å²) in [5.74, 6) is 0. The highest BCUT2D eigenvalue weighted by atomic mass is 24.3. The van der Waals surface area contributed by atoms with Gasteiger partial charge in [0, 0.05) is 23.1 Å². The second-order valence-electron chi connectivity index (χ2n) is 0.283. The lowest BCUT2D eigenvalue weighted by atomic mass is 11.5. The molecule has 0 aliphatic rings. The van der Waals surface area contributed by atoms with Gasteiger partial charge in [0.15, 0.2) is 0 Å². The van der Waals surface area contributed by atoms with Gasteiger partial charge < -0.3 is 16.4 Å². The zero-order valence-corrected chi connectivity index (χ0v) is 4.63. The van der Waals surface area contributed by atoms with Crippen LogP contribution in [0.2, 0.25) is 0 Å². The molecular formula is CH5MgNO3. The molecule has 0 aromatic heterocycles. The molecule has 0 aromatic rings. The van der Waals surface area contributed by atoms with E-state index in [4.69, 9.17) is 15.0 Å². The standard InChI is InChI=1S/CH2O3.Mg.H3N/c2-1(3)4;;/h(H2,2,3,4);;1H3. The summed E-state index contributed by atoms with van der Waals surface area (Å²) in [5.41, 5.74) is 0. The SMILES string of the molecule is N.O=C(O)O.[Mg]. The Kier molecular flexibility index (Phi) is 24.7. The lowest BCUT2D eigenvalue weighted by molar-refractivity contribution is 0.137. The molecule has 0 aromatic carbocycles. The smallest absolute Gasteiger partial charge is 0.450 e. The first-order valence-corrected chi connectivity index (χ1v) is 0.651. The average molecular weight is 103 g/mol. The molecule has 0 atom stereocenters. The second kappa shape index (κ2) is 8.89. The second-order valence-corrected chi connectivity index (χ2v) is 0.283. The Labute approximate surface area is 50.9 Å². The van der Waals surface area contributed by atoms with Gasteiger partial charge >= 0.3 is 6.16 Å². The average Bonchev–Trinajstić information content (AvgIpc) is 0.811. The summed E-state index contributed by atoms with van der Waals surface area (Å²) in [4.78, 5) is 8.56. The van der Waals surface area contributed by atoms with Crippen molar-refractivity contribution < 1.29 is 15.0 Å². The van der Waals surface area contributed by atoms with Crippen LogP contribution in [0, 0.1) is 0 Å². The molecule has 0 aliphatic carbocycles.